The van der Waals surface area contributed by atoms with E-state index in [1.807, 2.05) is 23.2 Å². The predicted molar refractivity (Wildman–Crippen MR) is 101 cm³/mol. The van der Waals surface area contributed by atoms with Crippen LogP contribution in [0.15, 0.2) is 30.5 Å². The molecule has 4 rings (SSSR count). The van der Waals surface area contributed by atoms with E-state index >= 15 is 0 Å². The smallest absolute Gasteiger partial charge is 0.227 e. The molecule has 0 spiro atoms. The first kappa shape index (κ1) is 17.2. The van der Waals surface area contributed by atoms with Crippen LogP contribution in [-0.4, -0.2) is 52.4 Å². The molecular formula is C21H26N4O. The number of hydrogen-bond acceptors (Lipinski definition) is 4. The molecule has 5 nitrogen and oxygen atoms in total. The standard InChI is InChI=1S/C21H26N4O/c1-15-4-3-5-16(10-15)11-20(26)25-9-6-17(14-25)21-22-12-18-13-24(2)8-7-19(18)23-21/h3-5,10,12,17H,6-9,11,13-14H2,1-2H3/t17-/m0/s1. The molecule has 1 saturated heterocycles. The molecule has 0 saturated carbocycles. The van der Waals surface area contributed by atoms with Crippen LogP contribution < -0.4 is 0 Å². The van der Waals surface area contributed by atoms with Crippen LogP contribution in [0.3, 0.4) is 0 Å². The molecule has 1 aromatic heterocycles. The summed E-state index contributed by atoms with van der Waals surface area (Å²) >= 11 is 0. The van der Waals surface area contributed by atoms with E-state index in [2.05, 4.69) is 36.0 Å². The van der Waals surface area contributed by atoms with Gasteiger partial charge in [0.2, 0.25) is 5.91 Å². The molecule has 0 unspecified atom stereocenters. The van der Waals surface area contributed by atoms with E-state index in [0.717, 1.165) is 50.4 Å². The molecule has 1 amide bonds. The van der Waals surface area contributed by atoms with E-state index in [1.54, 1.807) is 0 Å². The van der Waals surface area contributed by atoms with E-state index in [0.29, 0.717) is 6.42 Å². The van der Waals surface area contributed by atoms with Crippen LogP contribution in [-0.2, 0) is 24.2 Å². The van der Waals surface area contributed by atoms with Crippen molar-refractivity contribution in [3.05, 3.63) is 58.7 Å². The second kappa shape index (κ2) is 7.16. The SMILES string of the molecule is Cc1cccc(CC(=O)N2CC[C@H](c3ncc4c(n3)CCN(C)C4)C2)c1. The van der Waals surface area contributed by atoms with Gasteiger partial charge in [0, 0.05) is 56.0 Å². The second-order valence-corrected chi connectivity index (χ2v) is 7.68. The molecule has 26 heavy (non-hydrogen) atoms. The molecular weight excluding hydrogens is 324 g/mol. The lowest BCUT2D eigenvalue weighted by Crippen LogP contribution is -2.30. The van der Waals surface area contributed by atoms with Crippen molar-refractivity contribution in [1.29, 1.82) is 0 Å². The van der Waals surface area contributed by atoms with E-state index in [-0.39, 0.29) is 11.8 Å². The average molecular weight is 350 g/mol. The summed E-state index contributed by atoms with van der Waals surface area (Å²) in [6.07, 6.45) is 4.42. The minimum Gasteiger partial charge on any atom is -0.342 e. The van der Waals surface area contributed by atoms with E-state index in [4.69, 9.17) is 4.98 Å². The summed E-state index contributed by atoms with van der Waals surface area (Å²) in [7, 11) is 2.13. The normalized spacial score (nSPS) is 20.2. The molecule has 136 valence electrons. The van der Waals surface area contributed by atoms with Gasteiger partial charge in [0.25, 0.3) is 0 Å². The fourth-order valence-corrected chi connectivity index (χ4v) is 3.98. The van der Waals surface area contributed by atoms with Crippen molar-refractivity contribution in [2.45, 2.75) is 38.6 Å². The van der Waals surface area contributed by atoms with Gasteiger partial charge in [-0.25, -0.2) is 9.97 Å². The first-order valence-electron chi connectivity index (χ1n) is 9.45. The highest BCUT2D eigenvalue weighted by Crippen LogP contribution is 2.27. The van der Waals surface area contributed by atoms with Crippen molar-refractivity contribution < 1.29 is 4.79 Å². The number of rotatable bonds is 3. The highest BCUT2D eigenvalue weighted by atomic mass is 16.2. The highest BCUT2D eigenvalue weighted by Gasteiger charge is 2.29. The zero-order valence-corrected chi connectivity index (χ0v) is 15.6. The van der Waals surface area contributed by atoms with E-state index in [1.165, 1.54) is 16.8 Å². The number of hydrogen-bond donors (Lipinski definition) is 0. The van der Waals surface area contributed by atoms with Crippen molar-refractivity contribution in [1.82, 2.24) is 19.8 Å². The fraction of sp³-hybridized carbons (Fsp3) is 0.476. The molecule has 3 heterocycles. The Morgan fingerprint density at radius 1 is 1.31 bits per heavy atom. The van der Waals surface area contributed by atoms with Gasteiger partial charge in [-0.15, -0.1) is 0 Å². The molecule has 0 aliphatic carbocycles. The molecule has 1 fully saturated rings. The third-order valence-corrected chi connectivity index (χ3v) is 5.49. The number of amides is 1. The van der Waals surface area contributed by atoms with Gasteiger partial charge >= 0.3 is 0 Å². The van der Waals surface area contributed by atoms with Crippen LogP contribution >= 0.6 is 0 Å². The molecule has 5 heteroatoms. The van der Waals surface area contributed by atoms with Crippen LogP contribution in [0.2, 0.25) is 0 Å². The number of aryl methyl sites for hydroxylation is 1. The Labute approximate surface area is 155 Å². The van der Waals surface area contributed by atoms with E-state index in [9.17, 15) is 4.79 Å². The van der Waals surface area contributed by atoms with Crippen molar-refractivity contribution in [3.8, 4) is 0 Å². The molecule has 1 aromatic carbocycles. The minimum atomic E-state index is 0.206. The lowest BCUT2D eigenvalue weighted by Gasteiger charge is -2.24. The summed E-state index contributed by atoms with van der Waals surface area (Å²) in [5.41, 5.74) is 4.72. The lowest BCUT2D eigenvalue weighted by atomic mass is 10.1. The molecule has 0 N–H and O–H groups in total. The second-order valence-electron chi connectivity index (χ2n) is 7.68. The third kappa shape index (κ3) is 3.63. The quantitative estimate of drug-likeness (QED) is 0.852. The van der Waals surface area contributed by atoms with E-state index < -0.39 is 0 Å². The fourth-order valence-electron chi connectivity index (χ4n) is 3.98. The van der Waals surface area contributed by atoms with Crippen LogP contribution in [0.25, 0.3) is 0 Å². The van der Waals surface area contributed by atoms with Crippen molar-refractivity contribution >= 4 is 5.91 Å². The Hall–Kier alpha value is -2.27. The minimum absolute atomic E-state index is 0.206. The molecule has 2 aliphatic heterocycles. The predicted octanol–water partition coefficient (Wildman–Crippen LogP) is 2.33. The largest absolute Gasteiger partial charge is 0.342 e. The number of fused-ring (bicyclic) bond motifs is 1. The molecule has 1 atom stereocenters. The summed E-state index contributed by atoms with van der Waals surface area (Å²) in [6, 6.07) is 8.20. The van der Waals surface area contributed by atoms with Gasteiger partial charge in [-0.05, 0) is 26.0 Å². The summed E-state index contributed by atoms with van der Waals surface area (Å²) in [5, 5.41) is 0. The van der Waals surface area contributed by atoms with Crippen molar-refractivity contribution in [2.24, 2.45) is 0 Å². The van der Waals surface area contributed by atoms with Gasteiger partial charge in [-0.1, -0.05) is 29.8 Å². The Morgan fingerprint density at radius 2 is 2.19 bits per heavy atom. The van der Waals surface area contributed by atoms with Gasteiger partial charge in [-0.3, -0.25) is 4.79 Å². The van der Waals surface area contributed by atoms with Crippen molar-refractivity contribution in [2.75, 3.05) is 26.7 Å². The molecule has 0 radical (unpaired) electrons. The average Bonchev–Trinajstić information content (AvgIpc) is 3.11. The summed E-state index contributed by atoms with van der Waals surface area (Å²) < 4.78 is 0. The maximum atomic E-state index is 12.7. The van der Waals surface area contributed by atoms with Crippen LogP contribution in [0.1, 0.15) is 40.5 Å². The Morgan fingerprint density at radius 3 is 3.04 bits per heavy atom. The number of likely N-dealkylation sites (tertiary alicyclic amines) is 1. The zero-order chi connectivity index (χ0) is 18.1. The Bertz CT molecular complexity index is 819. The number of aromatic nitrogens is 2. The number of carbonyl (C=O) groups is 1. The van der Waals surface area contributed by atoms with Crippen LogP contribution in [0.4, 0.5) is 0 Å². The Balaban J connectivity index is 1.41. The Kier molecular flexibility index (Phi) is 4.72. The summed E-state index contributed by atoms with van der Waals surface area (Å²) in [6.45, 7) is 5.59. The zero-order valence-electron chi connectivity index (χ0n) is 15.6. The van der Waals surface area contributed by atoms with Crippen molar-refractivity contribution in [3.63, 3.8) is 0 Å². The van der Waals surface area contributed by atoms with Gasteiger partial charge < -0.3 is 9.80 Å². The number of likely N-dealkylation sites (N-methyl/N-ethyl adjacent to an activating group) is 1. The number of nitrogens with zero attached hydrogens (tertiary/aromatic N) is 4. The molecule has 0 bridgehead atoms. The van der Waals surface area contributed by atoms with Gasteiger partial charge in [-0.2, -0.15) is 0 Å². The first-order chi connectivity index (χ1) is 12.6. The highest BCUT2D eigenvalue weighted by molar-refractivity contribution is 5.79. The van der Waals surface area contributed by atoms with Gasteiger partial charge in [0.15, 0.2) is 0 Å². The third-order valence-electron chi connectivity index (χ3n) is 5.49. The van der Waals surface area contributed by atoms with Gasteiger partial charge in [0.05, 0.1) is 6.42 Å². The summed E-state index contributed by atoms with van der Waals surface area (Å²) in [5.74, 6) is 1.39. The monoisotopic (exact) mass is 350 g/mol. The first-order valence-corrected chi connectivity index (χ1v) is 9.45. The van der Waals surface area contributed by atoms with Crippen LogP contribution in [0, 0.1) is 6.92 Å². The molecule has 2 aliphatic rings. The topological polar surface area (TPSA) is 49.3 Å². The molecule has 2 aromatic rings. The summed E-state index contributed by atoms with van der Waals surface area (Å²) in [4.78, 5) is 26.4. The number of carbonyl (C=O) groups excluding carboxylic acids is 1. The maximum Gasteiger partial charge on any atom is 0.227 e. The lowest BCUT2D eigenvalue weighted by molar-refractivity contribution is -0.129. The van der Waals surface area contributed by atoms with Gasteiger partial charge in [0.1, 0.15) is 5.82 Å². The number of benzene rings is 1. The van der Waals surface area contributed by atoms with Crippen LogP contribution in [0.5, 0.6) is 0 Å². The maximum absolute atomic E-state index is 12.7.